The number of hydrogen-bond donors (Lipinski definition) is 2. The van der Waals surface area contributed by atoms with Crippen molar-refractivity contribution in [2.75, 3.05) is 0 Å². The third-order valence-electron chi connectivity index (χ3n) is 3.13. The van der Waals surface area contributed by atoms with Crippen LogP contribution in [0.3, 0.4) is 0 Å². The maximum Gasteiger partial charge on any atom is 0.488 e. The first-order chi connectivity index (χ1) is 9.72. The standard InChI is InChI=1S/C14H13BN2O3/c18-15(19)12-7-5-11(6-8-12)14-17-16-13(20-14)9-10-3-1-2-4-10/h1,3-8,18-19H,2,9H2. The molecular formula is C14H13BN2O3. The number of aromatic nitrogens is 2. The normalized spacial score (nSPS) is 13.6. The van der Waals surface area contributed by atoms with Gasteiger partial charge in [0.05, 0.1) is 6.42 Å². The second-order valence-corrected chi connectivity index (χ2v) is 4.59. The molecule has 0 amide bonds. The lowest BCUT2D eigenvalue weighted by molar-refractivity contribution is 0.426. The Kier molecular flexibility index (Phi) is 3.49. The molecule has 5 nitrogen and oxygen atoms in total. The van der Waals surface area contributed by atoms with Gasteiger partial charge in [-0.15, -0.1) is 10.2 Å². The zero-order valence-electron chi connectivity index (χ0n) is 10.7. The molecule has 1 aromatic carbocycles. The Hall–Kier alpha value is -2.18. The van der Waals surface area contributed by atoms with E-state index >= 15 is 0 Å². The van der Waals surface area contributed by atoms with Gasteiger partial charge in [-0.3, -0.25) is 0 Å². The van der Waals surface area contributed by atoms with E-state index in [4.69, 9.17) is 14.5 Å². The van der Waals surface area contributed by atoms with Crippen LogP contribution in [-0.2, 0) is 6.42 Å². The highest BCUT2D eigenvalue weighted by molar-refractivity contribution is 6.58. The molecule has 6 heteroatoms. The smallest absolute Gasteiger partial charge is 0.423 e. The van der Waals surface area contributed by atoms with Gasteiger partial charge in [-0.1, -0.05) is 30.4 Å². The van der Waals surface area contributed by atoms with Gasteiger partial charge in [-0.2, -0.15) is 0 Å². The van der Waals surface area contributed by atoms with Crippen molar-refractivity contribution < 1.29 is 14.5 Å². The second kappa shape index (κ2) is 5.44. The lowest BCUT2D eigenvalue weighted by atomic mass is 9.80. The van der Waals surface area contributed by atoms with E-state index in [1.165, 1.54) is 5.57 Å². The molecule has 20 heavy (non-hydrogen) atoms. The average Bonchev–Trinajstić information content (AvgIpc) is 3.11. The maximum absolute atomic E-state index is 9.04. The second-order valence-electron chi connectivity index (χ2n) is 4.59. The van der Waals surface area contributed by atoms with Crippen LogP contribution < -0.4 is 5.46 Å². The van der Waals surface area contributed by atoms with E-state index in [0.29, 0.717) is 23.7 Å². The molecule has 1 heterocycles. The van der Waals surface area contributed by atoms with Crippen molar-refractivity contribution in [2.24, 2.45) is 0 Å². The first kappa shape index (κ1) is 12.8. The van der Waals surface area contributed by atoms with Gasteiger partial charge in [0, 0.05) is 5.56 Å². The Morgan fingerprint density at radius 1 is 1.15 bits per heavy atom. The van der Waals surface area contributed by atoms with Crippen LogP contribution in [-0.4, -0.2) is 27.4 Å². The highest BCUT2D eigenvalue weighted by Gasteiger charge is 2.13. The summed E-state index contributed by atoms with van der Waals surface area (Å²) < 4.78 is 5.61. The van der Waals surface area contributed by atoms with Crippen LogP contribution in [0.25, 0.3) is 11.5 Å². The van der Waals surface area contributed by atoms with E-state index in [2.05, 4.69) is 28.4 Å². The summed E-state index contributed by atoms with van der Waals surface area (Å²) in [6, 6.07) is 6.68. The van der Waals surface area contributed by atoms with E-state index in [0.717, 1.165) is 12.0 Å². The lowest BCUT2D eigenvalue weighted by Crippen LogP contribution is -2.29. The van der Waals surface area contributed by atoms with Gasteiger partial charge in [0.25, 0.3) is 0 Å². The number of benzene rings is 1. The quantitative estimate of drug-likeness (QED) is 0.803. The van der Waals surface area contributed by atoms with Gasteiger partial charge >= 0.3 is 7.12 Å². The summed E-state index contributed by atoms with van der Waals surface area (Å²) in [4.78, 5) is 0. The number of hydrogen-bond acceptors (Lipinski definition) is 5. The van der Waals surface area contributed by atoms with Crippen LogP contribution in [0.5, 0.6) is 0 Å². The van der Waals surface area contributed by atoms with Crippen LogP contribution in [0.1, 0.15) is 12.3 Å². The zero-order valence-corrected chi connectivity index (χ0v) is 10.7. The minimum Gasteiger partial charge on any atom is -0.423 e. The van der Waals surface area contributed by atoms with Gasteiger partial charge in [-0.05, 0) is 29.6 Å². The van der Waals surface area contributed by atoms with Gasteiger partial charge in [0.1, 0.15) is 0 Å². The minimum atomic E-state index is -1.47. The highest BCUT2D eigenvalue weighted by Crippen LogP contribution is 2.19. The first-order valence-electron chi connectivity index (χ1n) is 6.37. The average molecular weight is 268 g/mol. The van der Waals surface area contributed by atoms with Crippen molar-refractivity contribution in [1.29, 1.82) is 0 Å². The molecule has 3 rings (SSSR count). The summed E-state index contributed by atoms with van der Waals surface area (Å²) in [7, 11) is -1.47. The molecule has 0 aliphatic heterocycles. The summed E-state index contributed by atoms with van der Waals surface area (Å²) in [6.45, 7) is 0. The molecule has 0 fully saturated rings. The third-order valence-corrected chi connectivity index (χ3v) is 3.13. The molecule has 2 aromatic rings. The van der Waals surface area contributed by atoms with E-state index in [1.807, 2.05) is 0 Å². The lowest BCUT2D eigenvalue weighted by Gasteiger charge is -1.99. The Labute approximate surface area is 116 Å². The molecule has 100 valence electrons. The van der Waals surface area contributed by atoms with Crippen LogP contribution in [0.4, 0.5) is 0 Å². The van der Waals surface area contributed by atoms with Crippen LogP contribution in [0.15, 0.2) is 52.5 Å². The van der Waals surface area contributed by atoms with Gasteiger partial charge in [-0.25, -0.2) is 0 Å². The topological polar surface area (TPSA) is 79.4 Å². The molecule has 0 saturated heterocycles. The maximum atomic E-state index is 9.04. The Balaban J connectivity index is 1.77. The summed E-state index contributed by atoms with van der Waals surface area (Å²) in [5, 5.41) is 26.1. The minimum absolute atomic E-state index is 0.426. The molecule has 2 N–H and O–H groups in total. The molecule has 0 spiro atoms. The van der Waals surface area contributed by atoms with Crippen LogP contribution >= 0.6 is 0 Å². The molecule has 1 aromatic heterocycles. The monoisotopic (exact) mass is 268 g/mol. The van der Waals surface area contributed by atoms with Crippen LogP contribution in [0.2, 0.25) is 0 Å². The molecule has 0 saturated carbocycles. The first-order valence-corrected chi connectivity index (χ1v) is 6.37. The Morgan fingerprint density at radius 3 is 2.60 bits per heavy atom. The molecule has 1 aliphatic rings. The SMILES string of the molecule is OB(O)c1ccc(-c2nnc(CC3=CCC=C3)o2)cc1. The Bertz CT molecular complexity index is 659. The fourth-order valence-electron chi connectivity index (χ4n) is 2.05. The van der Waals surface area contributed by atoms with Crippen molar-refractivity contribution in [1.82, 2.24) is 10.2 Å². The largest absolute Gasteiger partial charge is 0.488 e. The molecule has 0 radical (unpaired) electrons. The predicted molar refractivity (Wildman–Crippen MR) is 75.1 cm³/mol. The van der Waals surface area contributed by atoms with Gasteiger partial charge < -0.3 is 14.5 Å². The van der Waals surface area contributed by atoms with Crippen molar-refractivity contribution in [3.8, 4) is 11.5 Å². The summed E-state index contributed by atoms with van der Waals surface area (Å²) >= 11 is 0. The fourth-order valence-corrected chi connectivity index (χ4v) is 2.05. The summed E-state index contributed by atoms with van der Waals surface area (Å²) in [5.74, 6) is 1.01. The zero-order chi connectivity index (χ0) is 13.9. The fraction of sp³-hybridized carbons (Fsp3) is 0.143. The van der Waals surface area contributed by atoms with Crippen molar-refractivity contribution in [2.45, 2.75) is 12.8 Å². The van der Waals surface area contributed by atoms with Gasteiger partial charge in [0.15, 0.2) is 0 Å². The van der Waals surface area contributed by atoms with E-state index in [1.54, 1.807) is 24.3 Å². The van der Waals surface area contributed by atoms with Crippen molar-refractivity contribution in [3.05, 3.63) is 54.0 Å². The summed E-state index contributed by atoms with van der Waals surface area (Å²) in [6.07, 6.45) is 7.87. The van der Waals surface area contributed by atoms with E-state index in [9.17, 15) is 0 Å². The number of allylic oxidation sites excluding steroid dienone is 4. The number of rotatable bonds is 4. The van der Waals surface area contributed by atoms with Crippen molar-refractivity contribution in [3.63, 3.8) is 0 Å². The molecule has 0 unspecified atom stereocenters. The molecule has 0 bridgehead atoms. The molecular weight excluding hydrogens is 255 g/mol. The third kappa shape index (κ3) is 2.71. The van der Waals surface area contributed by atoms with Crippen molar-refractivity contribution >= 4 is 12.6 Å². The van der Waals surface area contributed by atoms with Crippen LogP contribution in [0, 0.1) is 0 Å². The number of nitrogens with zero attached hydrogens (tertiary/aromatic N) is 2. The predicted octanol–water partition coefficient (Wildman–Crippen LogP) is 0.845. The molecule has 1 aliphatic carbocycles. The summed E-state index contributed by atoms with van der Waals surface area (Å²) in [5.41, 5.74) is 2.36. The van der Waals surface area contributed by atoms with Gasteiger partial charge in [0.2, 0.25) is 11.8 Å². The highest BCUT2D eigenvalue weighted by atomic mass is 16.4. The molecule has 0 atom stereocenters. The Morgan fingerprint density at radius 2 is 1.95 bits per heavy atom. The van der Waals surface area contributed by atoms with E-state index < -0.39 is 7.12 Å². The van der Waals surface area contributed by atoms with E-state index in [-0.39, 0.29) is 0 Å².